The zero-order valence-corrected chi connectivity index (χ0v) is 15.6. The van der Waals surface area contributed by atoms with Crippen molar-refractivity contribution < 1.29 is 27.6 Å². The molecule has 1 aliphatic carbocycles. The largest absolute Gasteiger partial charge is 0.455 e. The molecule has 2 atom stereocenters. The number of carbonyl (C=O) groups excluding carboxylic acids is 1. The van der Waals surface area contributed by atoms with Crippen molar-refractivity contribution >= 4 is 5.91 Å². The molecule has 2 saturated heterocycles. The van der Waals surface area contributed by atoms with Gasteiger partial charge in [-0.05, 0) is 25.7 Å². The van der Waals surface area contributed by atoms with E-state index in [9.17, 15) is 23.1 Å². The number of amides is 1. The van der Waals surface area contributed by atoms with Crippen LogP contribution in [0.2, 0.25) is 0 Å². The summed E-state index contributed by atoms with van der Waals surface area (Å²) in [6.07, 6.45) is 0.496. The van der Waals surface area contributed by atoms with Gasteiger partial charge in [-0.2, -0.15) is 18.2 Å². The van der Waals surface area contributed by atoms with E-state index in [4.69, 9.17) is 4.52 Å². The summed E-state index contributed by atoms with van der Waals surface area (Å²) in [5, 5.41) is 14.0. The number of fused-ring (bicyclic) bond motifs is 1. The zero-order chi connectivity index (χ0) is 19.9. The van der Waals surface area contributed by atoms with Crippen LogP contribution in [0.3, 0.4) is 0 Å². The van der Waals surface area contributed by atoms with E-state index in [0.29, 0.717) is 39.0 Å². The molecule has 1 saturated carbocycles. The number of aromatic nitrogens is 2. The monoisotopic (exact) mass is 402 g/mol. The quantitative estimate of drug-likeness (QED) is 0.834. The Morgan fingerprint density at radius 1 is 1.21 bits per heavy atom. The van der Waals surface area contributed by atoms with Crippen LogP contribution in [-0.2, 0) is 17.5 Å². The summed E-state index contributed by atoms with van der Waals surface area (Å²) in [6, 6.07) is 0. The van der Waals surface area contributed by atoms with Crippen LogP contribution in [0, 0.1) is 11.8 Å². The second kappa shape index (κ2) is 7.29. The van der Waals surface area contributed by atoms with Gasteiger partial charge in [0.05, 0.1) is 12.1 Å². The lowest BCUT2D eigenvalue weighted by molar-refractivity contribution is -0.151. The Kier molecular flexibility index (Phi) is 5.11. The molecule has 28 heavy (non-hydrogen) atoms. The summed E-state index contributed by atoms with van der Waals surface area (Å²) in [5.74, 6) is -1.21. The molecule has 0 aromatic carbocycles. The summed E-state index contributed by atoms with van der Waals surface area (Å²) in [4.78, 5) is 19.9. The fourth-order valence-corrected chi connectivity index (χ4v) is 4.77. The van der Waals surface area contributed by atoms with Gasteiger partial charge in [-0.3, -0.25) is 9.69 Å². The van der Waals surface area contributed by atoms with Crippen LogP contribution in [0.25, 0.3) is 0 Å². The first-order valence-electron chi connectivity index (χ1n) is 9.88. The molecule has 2 aliphatic heterocycles. The van der Waals surface area contributed by atoms with E-state index in [1.54, 1.807) is 0 Å². The minimum absolute atomic E-state index is 0.0903. The first-order chi connectivity index (χ1) is 13.2. The summed E-state index contributed by atoms with van der Waals surface area (Å²) < 4.78 is 42.6. The molecule has 1 N–H and O–H groups in total. The molecule has 3 fully saturated rings. The van der Waals surface area contributed by atoms with E-state index >= 15 is 0 Å². The number of carbonyl (C=O) groups is 1. The van der Waals surface area contributed by atoms with Crippen LogP contribution in [0.1, 0.15) is 50.2 Å². The van der Waals surface area contributed by atoms with E-state index in [-0.39, 0.29) is 30.2 Å². The summed E-state index contributed by atoms with van der Waals surface area (Å²) in [5.41, 5.74) is -0.824. The third-order valence-corrected chi connectivity index (χ3v) is 6.45. The highest BCUT2D eigenvalue weighted by Gasteiger charge is 2.47. The average Bonchev–Trinajstić information content (AvgIpc) is 3.32. The van der Waals surface area contributed by atoms with Crippen LogP contribution in [-0.4, -0.2) is 62.7 Å². The van der Waals surface area contributed by atoms with Crippen molar-refractivity contribution in [3.05, 3.63) is 11.7 Å². The van der Waals surface area contributed by atoms with Gasteiger partial charge in [0.25, 0.3) is 5.82 Å². The standard InChI is InChI=1S/C18H25F3N4O3/c19-18(20,21)16-22-14(28-23-16)11-24-7-5-17(27)6-8-25(10-13(17)9-24)15(26)12-3-1-2-4-12/h12-13,27H,1-11H2/t13-,17-/m0/s1. The predicted molar refractivity (Wildman–Crippen MR) is 90.8 cm³/mol. The number of hydrogen-bond donors (Lipinski definition) is 1. The van der Waals surface area contributed by atoms with Gasteiger partial charge in [0.15, 0.2) is 0 Å². The Hall–Kier alpha value is -1.68. The molecule has 10 heteroatoms. The van der Waals surface area contributed by atoms with Gasteiger partial charge in [-0.1, -0.05) is 18.0 Å². The molecular formula is C18H25F3N4O3. The molecule has 3 aliphatic rings. The predicted octanol–water partition coefficient (Wildman–Crippen LogP) is 2.06. The Balaban J connectivity index is 1.39. The van der Waals surface area contributed by atoms with Gasteiger partial charge in [-0.25, -0.2) is 0 Å². The van der Waals surface area contributed by atoms with E-state index in [0.717, 1.165) is 25.7 Å². The van der Waals surface area contributed by atoms with Crippen molar-refractivity contribution in [3.8, 4) is 0 Å². The molecule has 0 radical (unpaired) electrons. The van der Waals surface area contributed by atoms with Crippen LogP contribution in [0.15, 0.2) is 4.52 Å². The zero-order valence-electron chi connectivity index (χ0n) is 15.6. The van der Waals surface area contributed by atoms with Crippen LogP contribution in [0.5, 0.6) is 0 Å². The van der Waals surface area contributed by atoms with Crippen molar-refractivity contribution in [3.63, 3.8) is 0 Å². The first kappa shape index (κ1) is 19.6. The molecule has 3 heterocycles. The second-order valence-electron chi connectivity index (χ2n) is 8.31. The number of piperidine rings is 2. The van der Waals surface area contributed by atoms with Crippen LogP contribution >= 0.6 is 0 Å². The molecule has 0 unspecified atom stereocenters. The fraction of sp³-hybridized carbons (Fsp3) is 0.833. The van der Waals surface area contributed by atoms with E-state index in [1.807, 2.05) is 9.80 Å². The summed E-state index contributed by atoms with van der Waals surface area (Å²) in [7, 11) is 0. The highest BCUT2D eigenvalue weighted by atomic mass is 19.4. The molecule has 156 valence electrons. The maximum atomic E-state index is 12.7. The van der Waals surface area contributed by atoms with Crippen molar-refractivity contribution in [2.24, 2.45) is 11.8 Å². The third-order valence-electron chi connectivity index (χ3n) is 6.45. The molecule has 1 aromatic heterocycles. The smallest absolute Gasteiger partial charge is 0.389 e. The van der Waals surface area contributed by atoms with Crippen molar-refractivity contribution in [2.75, 3.05) is 26.2 Å². The molecule has 4 rings (SSSR count). The van der Waals surface area contributed by atoms with E-state index in [1.165, 1.54) is 0 Å². The molecule has 0 bridgehead atoms. The van der Waals surface area contributed by atoms with Crippen LogP contribution in [0.4, 0.5) is 13.2 Å². The van der Waals surface area contributed by atoms with Gasteiger partial charge < -0.3 is 14.5 Å². The number of halogens is 3. The number of likely N-dealkylation sites (tertiary alicyclic amines) is 2. The Bertz CT molecular complexity index is 719. The third kappa shape index (κ3) is 3.89. The lowest BCUT2D eigenvalue weighted by atomic mass is 9.75. The number of nitrogens with zero attached hydrogens (tertiary/aromatic N) is 4. The maximum Gasteiger partial charge on any atom is 0.455 e. The number of alkyl halides is 3. The number of aliphatic hydroxyl groups is 1. The number of hydrogen-bond acceptors (Lipinski definition) is 6. The highest BCUT2D eigenvalue weighted by molar-refractivity contribution is 5.79. The average molecular weight is 402 g/mol. The molecule has 7 nitrogen and oxygen atoms in total. The summed E-state index contributed by atoms with van der Waals surface area (Å²) in [6.45, 7) is 2.18. The molecule has 1 aromatic rings. The van der Waals surface area contributed by atoms with Crippen molar-refractivity contribution in [1.82, 2.24) is 19.9 Å². The normalized spacial score (nSPS) is 29.9. The van der Waals surface area contributed by atoms with Crippen molar-refractivity contribution in [2.45, 2.75) is 56.8 Å². The number of rotatable bonds is 3. The molecule has 1 amide bonds. The SMILES string of the molecule is O=C(C1CCCC1)N1CC[C@@]2(O)CCN(Cc3nc(C(F)(F)F)no3)C[C@H]2C1. The Labute approximate surface area is 160 Å². The van der Waals surface area contributed by atoms with Gasteiger partial charge in [0.2, 0.25) is 11.8 Å². The topological polar surface area (TPSA) is 82.7 Å². The van der Waals surface area contributed by atoms with E-state index < -0.39 is 17.6 Å². The lowest BCUT2D eigenvalue weighted by Crippen LogP contribution is -2.60. The van der Waals surface area contributed by atoms with E-state index in [2.05, 4.69) is 10.1 Å². The van der Waals surface area contributed by atoms with Crippen LogP contribution < -0.4 is 0 Å². The second-order valence-corrected chi connectivity index (χ2v) is 8.31. The highest BCUT2D eigenvalue weighted by Crippen LogP contribution is 2.37. The summed E-state index contributed by atoms with van der Waals surface area (Å²) >= 11 is 0. The van der Waals surface area contributed by atoms with Crippen molar-refractivity contribution in [1.29, 1.82) is 0 Å². The maximum absolute atomic E-state index is 12.7. The van der Waals surface area contributed by atoms with Gasteiger partial charge >= 0.3 is 6.18 Å². The van der Waals surface area contributed by atoms with Gasteiger partial charge in [0, 0.05) is 38.0 Å². The minimum Gasteiger partial charge on any atom is -0.389 e. The lowest BCUT2D eigenvalue weighted by Gasteiger charge is -2.50. The first-order valence-corrected chi connectivity index (χ1v) is 9.88. The Morgan fingerprint density at radius 3 is 2.61 bits per heavy atom. The Morgan fingerprint density at radius 2 is 1.93 bits per heavy atom. The fourth-order valence-electron chi connectivity index (χ4n) is 4.77. The molecule has 0 spiro atoms. The van der Waals surface area contributed by atoms with Gasteiger partial charge in [-0.15, -0.1) is 0 Å². The molecular weight excluding hydrogens is 377 g/mol. The minimum atomic E-state index is -4.63. The van der Waals surface area contributed by atoms with Gasteiger partial charge in [0.1, 0.15) is 0 Å².